The number of thioether (sulfide) groups is 1. The summed E-state index contributed by atoms with van der Waals surface area (Å²) in [6.45, 7) is 2.13. The number of benzene rings is 2. The highest BCUT2D eigenvalue weighted by Crippen LogP contribution is 2.37. The highest BCUT2D eigenvalue weighted by molar-refractivity contribution is 7.99. The van der Waals surface area contributed by atoms with Crippen LogP contribution in [-0.2, 0) is 10.0 Å². The van der Waals surface area contributed by atoms with E-state index >= 15 is 0 Å². The smallest absolute Gasteiger partial charge is 0.258 e. The summed E-state index contributed by atoms with van der Waals surface area (Å²) in [4.78, 5) is 10.4. The molecule has 2 aromatic rings. The zero-order chi connectivity index (χ0) is 19.6. The van der Waals surface area contributed by atoms with Crippen LogP contribution in [0.3, 0.4) is 0 Å². The van der Waals surface area contributed by atoms with Gasteiger partial charge in [-0.1, -0.05) is 24.3 Å². The summed E-state index contributed by atoms with van der Waals surface area (Å²) in [5.74, 6) is 0.229. The molecule has 0 spiro atoms. The van der Waals surface area contributed by atoms with Crippen LogP contribution in [0.2, 0.25) is 0 Å². The van der Waals surface area contributed by atoms with Gasteiger partial charge in [-0.05, 0) is 25.0 Å². The van der Waals surface area contributed by atoms with Gasteiger partial charge in [0.2, 0.25) is 10.0 Å². The van der Waals surface area contributed by atoms with Crippen LogP contribution in [0, 0.1) is 22.9 Å². The van der Waals surface area contributed by atoms with Gasteiger partial charge in [-0.2, -0.15) is 16.1 Å². The molecule has 9 heteroatoms. The molecule has 1 fully saturated rings. The maximum Gasteiger partial charge on any atom is 0.270 e. The molecule has 6 nitrogen and oxygen atoms in total. The highest BCUT2D eigenvalue weighted by atomic mass is 32.2. The van der Waals surface area contributed by atoms with Crippen LogP contribution in [0.4, 0.5) is 10.1 Å². The first kappa shape index (κ1) is 19.8. The lowest BCUT2D eigenvalue weighted by Gasteiger charge is -2.21. The summed E-state index contributed by atoms with van der Waals surface area (Å²) in [6.07, 6.45) is 0.471. The normalized spacial score (nSPS) is 18.8. The van der Waals surface area contributed by atoms with E-state index in [0.717, 1.165) is 6.07 Å². The number of halogens is 1. The molecule has 0 aliphatic carbocycles. The van der Waals surface area contributed by atoms with Gasteiger partial charge in [0, 0.05) is 41.8 Å². The number of non-ortho nitro benzene ring substituents is 1. The van der Waals surface area contributed by atoms with Crippen molar-refractivity contribution in [3.63, 3.8) is 0 Å². The zero-order valence-corrected chi connectivity index (χ0v) is 16.3. The number of nitro groups is 1. The predicted molar refractivity (Wildman–Crippen MR) is 103 cm³/mol. The minimum absolute atomic E-state index is 0.0500. The largest absolute Gasteiger partial charge is 0.270 e. The van der Waals surface area contributed by atoms with Crippen molar-refractivity contribution >= 4 is 27.5 Å². The Labute approximate surface area is 161 Å². The molecule has 0 saturated carbocycles. The number of hydrogen-bond acceptors (Lipinski definition) is 5. The third-order valence-corrected chi connectivity index (χ3v) is 7.90. The average molecular weight is 410 g/mol. The second kappa shape index (κ2) is 7.95. The van der Waals surface area contributed by atoms with Crippen LogP contribution in [0.15, 0.2) is 47.4 Å². The molecule has 27 heavy (non-hydrogen) atoms. The fraction of sp³-hybridized carbons (Fsp3) is 0.333. The van der Waals surface area contributed by atoms with Gasteiger partial charge in [-0.3, -0.25) is 10.1 Å². The molecule has 1 aliphatic heterocycles. The molecule has 144 valence electrons. The van der Waals surface area contributed by atoms with Crippen LogP contribution >= 0.6 is 11.8 Å². The number of rotatable bonds is 4. The van der Waals surface area contributed by atoms with Crippen molar-refractivity contribution in [2.45, 2.75) is 23.5 Å². The number of hydrogen-bond donors (Lipinski definition) is 0. The van der Waals surface area contributed by atoms with Gasteiger partial charge in [0.25, 0.3) is 5.69 Å². The van der Waals surface area contributed by atoms with E-state index in [-0.39, 0.29) is 34.7 Å². The van der Waals surface area contributed by atoms with Gasteiger partial charge in [0.15, 0.2) is 0 Å². The van der Waals surface area contributed by atoms with Gasteiger partial charge < -0.3 is 0 Å². The minimum Gasteiger partial charge on any atom is -0.258 e. The van der Waals surface area contributed by atoms with E-state index in [1.54, 1.807) is 25.1 Å². The lowest BCUT2D eigenvalue weighted by molar-refractivity contribution is -0.385. The summed E-state index contributed by atoms with van der Waals surface area (Å²) in [5, 5.41) is 10.9. The summed E-state index contributed by atoms with van der Waals surface area (Å²) < 4.78 is 41.5. The van der Waals surface area contributed by atoms with Crippen LogP contribution < -0.4 is 0 Å². The van der Waals surface area contributed by atoms with E-state index in [9.17, 15) is 22.9 Å². The Morgan fingerprint density at radius 1 is 1.22 bits per heavy atom. The van der Waals surface area contributed by atoms with Crippen LogP contribution in [-0.4, -0.2) is 36.5 Å². The molecule has 0 aromatic heterocycles. The van der Waals surface area contributed by atoms with Crippen LogP contribution in [0.1, 0.15) is 22.8 Å². The summed E-state index contributed by atoms with van der Waals surface area (Å²) in [7, 11) is -3.87. The maximum atomic E-state index is 14.1. The number of nitrogens with zero attached hydrogens (tertiary/aromatic N) is 2. The van der Waals surface area contributed by atoms with Gasteiger partial charge in [-0.25, -0.2) is 12.8 Å². The van der Waals surface area contributed by atoms with Crippen molar-refractivity contribution in [1.29, 1.82) is 0 Å². The van der Waals surface area contributed by atoms with E-state index in [4.69, 9.17) is 0 Å². The van der Waals surface area contributed by atoms with E-state index in [2.05, 4.69) is 0 Å². The molecule has 0 amide bonds. The Hall–Kier alpha value is -1.97. The van der Waals surface area contributed by atoms with Crippen molar-refractivity contribution in [3.8, 4) is 0 Å². The van der Waals surface area contributed by atoms with Crippen molar-refractivity contribution in [2.24, 2.45) is 0 Å². The fourth-order valence-electron chi connectivity index (χ4n) is 3.09. The Morgan fingerprint density at radius 2 is 1.96 bits per heavy atom. The van der Waals surface area contributed by atoms with Crippen LogP contribution in [0.25, 0.3) is 0 Å². The molecule has 0 N–H and O–H groups in total. The van der Waals surface area contributed by atoms with Crippen molar-refractivity contribution in [2.75, 3.05) is 18.8 Å². The average Bonchev–Trinajstić information content (AvgIpc) is 2.88. The molecular weight excluding hydrogens is 391 g/mol. The Kier molecular flexibility index (Phi) is 5.83. The van der Waals surface area contributed by atoms with E-state index < -0.39 is 14.9 Å². The third kappa shape index (κ3) is 4.15. The molecule has 2 aromatic carbocycles. The van der Waals surface area contributed by atoms with E-state index in [1.807, 2.05) is 0 Å². The SMILES string of the molecule is Cc1ccc([N+](=O)[O-])cc1S(=O)(=O)N1CCSC(c2ccccc2F)CC1. The molecule has 0 bridgehead atoms. The van der Waals surface area contributed by atoms with Crippen LogP contribution in [0.5, 0.6) is 0 Å². The molecule has 1 unspecified atom stereocenters. The highest BCUT2D eigenvalue weighted by Gasteiger charge is 2.31. The summed E-state index contributed by atoms with van der Waals surface area (Å²) in [6, 6.07) is 10.4. The first-order chi connectivity index (χ1) is 12.8. The topological polar surface area (TPSA) is 80.5 Å². The summed E-state index contributed by atoms with van der Waals surface area (Å²) >= 11 is 1.52. The van der Waals surface area contributed by atoms with Crippen molar-refractivity contribution in [1.82, 2.24) is 4.31 Å². The predicted octanol–water partition coefficient (Wildman–Crippen LogP) is 3.91. The number of nitro benzene ring substituents is 1. The first-order valence-corrected chi connectivity index (χ1v) is 10.9. The van der Waals surface area contributed by atoms with Crippen molar-refractivity contribution in [3.05, 3.63) is 69.5 Å². The first-order valence-electron chi connectivity index (χ1n) is 8.42. The molecule has 1 saturated heterocycles. The second-order valence-corrected chi connectivity index (χ2v) is 9.50. The molecule has 1 heterocycles. The summed E-state index contributed by atoms with van der Waals surface area (Å²) in [5.41, 5.74) is 0.782. The molecule has 0 radical (unpaired) electrons. The lowest BCUT2D eigenvalue weighted by Crippen LogP contribution is -2.33. The standard InChI is InChI=1S/C18H19FN2O4S2/c1-13-6-7-14(21(22)23)12-18(13)27(24,25)20-9-8-17(26-11-10-20)15-4-2-3-5-16(15)19/h2-7,12,17H,8-11H2,1H3. The van der Waals surface area contributed by atoms with E-state index in [1.165, 1.54) is 34.3 Å². The molecular formula is C18H19FN2O4S2. The Morgan fingerprint density at radius 3 is 2.67 bits per heavy atom. The fourth-order valence-corrected chi connectivity index (χ4v) is 6.16. The quantitative estimate of drug-likeness (QED) is 0.564. The molecule has 1 aliphatic rings. The van der Waals surface area contributed by atoms with Gasteiger partial charge in [0.1, 0.15) is 5.82 Å². The lowest BCUT2D eigenvalue weighted by atomic mass is 10.1. The maximum absolute atomic E-state index is 14.1. The molecule has 1 atom stereocenters. The second-order valence-electron chi connectivity index (χ2n) is 6.28. The van der Waals surface area contributed by atoms with E-state index in [0.29, 0.717) is 23.3 Å². The third-order valence-electron chi connectivity index (χ3n) is 4.55. The number of aryl methyl sites for hydroxylation is 1. The Balaban J connectivity index is 1.86. The number of sulfonamides is 1. The zero-order valence-electron chi connectivity index (χ0n) is 14.7. The van der Waals surface area contributed by atoms with Gasteiger partial charge in [0.05, 0.1) is 9.82 Å². The Bertz CT molecular complexity index is 966. The minimum atomic E-state index is -3.87. The van der Waals surface area contributed by atoms with Crippen molar-refractivity contribution < 1.29 is 17.7 Å². The molecule has 3 rings (SSSR count). The van der Waals surface area contributed by atoms with Gasteiger partial charge in [-0.15, -0.1) is 0 Å². The monoisotopic (exact) mass is 410 g/mol. The van der Waals surface area contributed by atoms with Gasteiger partial charge >= 0.3 is 0 Å².